The Morgan fingerprint density at radius 3 is 2.15 bits per heavy atom. The van der Waals surface area contributed by atoms with Crippen molar-refractivity contribution in [3.63, 3.8) is 0 Å². The van der Waals surface area contributed by atoms with E-state index in [4.69, 9.17) is 9.47 Å². The van der Waals surface area contributed by atoms with Crippen LogP contribution in [-0.2, 0) is 16.0 Å². The highest BCUT2D eigenvalue weighted by molar-refractivity contribution is 5.81. The van der Waals surface area contributed by atoms with Crippen molar-refractivity contribution in [1.29, 1.82) is 0 Å². The van der Waals surface area contributed by atoms with Crippen LogP contribution in [0.25, 0.3) is 11.1 Å². The van der Waals surface area contributed by atoms with Gasteiger partial charge in [0, 0.05) is 12.3 Å². The maximum absolute atomic E-state index is 12.5. The number of ether oxygens (including phenoxy) is 2. The molecular weight excluding hydrogens is 430 g/mol. The Labute approximate surface area is 199 Å². The number of carboxylic acids is 1. The van der Waals surface area contributed by atoms with Crippen LogP contribution in [0, 0.1) is 0 Å². The average Bonchev–Trinajstić information content (AvgIpc) is 3.17. The number of amides is 1. The van der Waals surface area contributed by atoms with Crippen LogP contribution < -0.4 is 10.1 Å². The smallest absolute Gasteiger partial charge is 0.407 e. The molecule has 1 atom stereocenters. The fourth-order valence-corrected chi connectivity index (χ4v) is 4.27. The molecule has 4 rings (SSSR count). The first-order chi connectivity index (χ1) is 16.6. The van der Waals surface area contributed by atoms with Crippen LogP contribution in [-0.4, -0.2) is 36.4 Å². The lowest BCUT2D eigenvalue weighted by Gasteiger charge is -2.17. The summed E-state index contributed by atoms with van der Waals surface area (Å²) in [5.74, 6) is -0.452. The zero-order valence-electron chi connectivity index (χ0n) is 19.2. The molecule has 3 aromatic carbocycles. The number of hydrogen-bond donors (Lipinski definition) is 2. The van der Waals surface area contributed by atoms with E-state index in [2.05, 4.69) is 24.4 Å². The maximum atomic E-state index is 12.5. The highest BCUT2D eigenvalue weighted by Gasteiger charge is 2.29. The minimum Gasteiger partial charge on any atom is -0.494 e. The van der Waals surface area contributed by atoms with Gasteiger partial charge in [-0.3, -0.25) is 0 Å². The molecule has 1 aliphatic carbocycles. The van der Waals surface area contributed by atoms with Crippen molar-refractivity contribution in [2.24, 2.45) is 0 Å². The van der Waals surface area contributed by atoms with E-state index >= 15 is 0 Å². The van der Waals surface area contributed by atoms with Crippen molar-refractivity contribution in [3.8, 4) is 16.9 Å². The molecule has 0 aromatic heterocycles. The molecule has 1 aliphatic rings. The molecule has 0 spiro atoms. The number of carbonyl (C=O) groups excluding carboxylic acids is 1. The van der Waals surface area contributed by atoms with Crippen LogP contribution in [0.4, 0.5) is 4.79 Å². The molecule has 1 unspecified atom stereocenters. The summed E-state index contributed by atoms with van der Waals surface area (Å²) >= 11 is 0. The number of unbranched alkanes of at least 4 members (excludes halogenated alkanes) is 1. The Balaban J connectivity index is 1.35. The third-order valence-corrected chi connectivity index (χ3v) is 6.06. The standard InChI is InChI=1S/C28H29NO5/c1-2-3-16-33-20-14-12-19(13-15-20)17-26(27(30)31)29-28(32)34-18-25-23-10-6-4-8-21(23)22-9-5-7-11-24(22)25/h4-15,25-26H,2-3,16-18H2,1H3,(H,29,32)(H,30,31). The predicted molar refractivity (Wildman–Crippen MR) is 130 cm³/mol. The Kier molecular flexibility index (Phi) is 7.48. The molecule has 0 bridgehead atoms. The van der Waals surface area contributed by atoms with E-state index in [1.807, 2.05) is 60.7 Å². The molecule has 0 radical (unpaired) electrons. The molecule has 0 fully saturated rings. The number of alkyl carbamates (subject to hydrolysis) is 1. The largest absolute Gasteiger partial charge is 0.494 e. The molecule has 6 heteroatoms. The van der Waals surface area contributed by atoms with E-state index in [0.717, 1.165) is 46.4 Å². The number of carboxylic acid groups (broad SMARTS) is 1. The molecular formula is C28H29NO5. The molecule has 0 saturated heterocycles. The van der Waals surface area contributed by atoms with Gasteiger partial charge < -0.3 is 19.9 Å². The topological polar surface area (TPSA) is 84.9 Å². The highest BCUT2D eigenvalue weighted by Crippen LogP contribution is 2.44. The summed E-state index contributed by atoms with van der Waals surface area (Å²) in [6, 6.07) is 22.3. The SMILES string of the molecule is CCCCOc1ccc(CC(NC(=O)OCC2c3ccccc3-c3ccccc32)C(=O)O)cc1. The molecule has 0 aliphatic heterocycles. The Hall–Kier alpha value is -3.80. The van der Waals surface area contributed by atoms with Gasteiger partial charge in [-0.1, -0.05) is 74.0 Å². The minimum absolute atomic E-state index is 0.0818. The molecule has 34 heavy (non-hydrogen) atoms. The van der Waals surface area contributed by atoms with Gasteiger partial charge in [-0.2, -0.15) is 0 Å². The van der Waals surface area contributed by atoms with E-state index in [1.54, 1.807) is 0 Å². The van der Waals surface area contributed by atoms with Gasteiger partial charge in [-0.05, 0) is 46.4 Å². The van der Waals surface area contributed by atoms with Crippen molar-refractivity contribution < 1.29 is 24.2 Å². The van der Waals surface area contributed by atoms with Gasteiger partial charge in [0.25, 0.3) is 0 Å². The van der Waals surface area contributed by atoms with Gasteiger partial charge >= 0.3 is 12.1 Å². The van der Waals surface area contributed by atoms with E-state index in [-0.39, 0.29) is 18.9 Å². The van der Waals surface area contributed by atoms with Gasteiger partial charge in [0.05, 0.1) is 6.61 Å². The van der Waals surface area contributed by atoms with Gasteiger partial charge in [0.1, 0.15) is 18.4 Å². The average molecular weight is 460 g/mol. The molecule has 1 amide bonds. The lowest BCUT2D eigenvalue weighted by Crippen LogP contribution is -2.42. The third kappa shape index (κ3) is 5.39. The lowest BCUT2D eigenvalue weighted by molar-refractivity contribution is -0.139. The van der Waals surface area contributed by atoms with Gasteiger partial charge in [0.15, 0.2) is 0 Å². The Bertz CT molecular complexity index is 1100. The van der Waals surface area contributed by atoms with E-state index in [1.165, 1.54) is 0 Å². The second kappa shape index (κ2) is 10.9. The second-order valence-corrected chi connectivity index (χ2v) is 8.41. The van der Waals surface area contributed by atoms with Crippen LogP contribution in [0.1, 0.15) is 42.4 Å². The minimum atomic E-state index is -1.11. The number of nitrogens with one attached hydrogen (secondary N) is 1. The number of benzene rings is 3. The Morgan fingerprint density at radius 1 is 0.941 bits per heavy atom. The van der Waals surface area contributed by atoms with Gasteiger partial charge in [-0.25, -0.2) is 9.59 Å². The van der Waals surface area contributed by atoms with Crippen LogP contribution in [0.2, 0.25) is 0 Å². The molecule has 0 saturated carbocycles. The quantitative estimate of drug-likeness (QED) is 0.397. The lowest BCUT2D eigenvalue weighted by atomic mass is 9.98. The second-order valence-electron chi connectivity index (χ2n) is 8.41. The van der Waals surface area contributed by atoms with Crippen molar-refractivity contribution in [1.82, 2.24) is 5.32 Å². The number of aliphatic carboxylic acids is 1. The zero-order valence-corrected chi connectivity index (χ0v) is 19.2. The molecule has 0 heterocycles. The summed E-state index contributed by atoms with van der Waals surface area (Å²) in [6.45, 7) is 2.88. The molecule has 2 N–H and O–H groups in total. The number of rotatable bonds is 10. The first-order valence-electron chi connectivity index (χ1n) is 11.6. The van der Waals surface area contributed by atoms with Crippen molar-refractivity contribution in [3.05, 3.63) is 89.5 Å². The predicted octanol–water partition coefficient (Wildman–Crippen LogP) is 5.40. The molecule has 6 nitrogen and oxygen atoms in total. The summed E-state index contributed by atoms with van der Waals surface area (Å²) in [6.07, 6.45) is 1.44. The first kappa shape index (κ1) is 23.4. The molecule has 176 valence electrons. The summed E-state index contributed by atoms with van der Waals surface area (Å²) < 4.78 is 11.1. The maximum Gasteiger partial charge on any atom is 0.407 e. The number of hydrogen-bond acceptors (Lipinski definition) is 4. The van der Waals surface area contributed by atoms with Crippen molar-refractivity contribution in [2.75, 3.05) is 13.2 Å². The van der Waals surface area contributed by atoms with Crippen LogP contribution in [0.3, 0.4) is 0 Å². The van der Waals surface area contributed by atoms with Gasteiger partial charge in [0.2, 0.25) is 0 Å². The van der Waals surface area contributed by atoms with E-state index in [9.17, 15) is 14.7 Å². The number of carbonyl (C=O) groups is 2. The van der Waals surface area contributed by atoms with Crippen LogP contribution >= 0.6 is 0 Å². The van der Waals surface area contributed by atoms with E-state index in [0.29, 0.717) is 6.61 Å². The summed E-state index contributed by atoms with van der Waals surface area (Å²) in [7, 11) is 0. The van der Waals surface area contributed by atoms with Crippen molar-refractivity contribution in [2.45, 2.75) is 38.1 Å². The fourth-order valence-electron chi connectivity index (χ4n) is 4.27. The van der Waals surface area contributed by atoms with Gasteiger partial charge in [-0.15, -0.1) is 0 Å². The number of fused-ring (bicyclic) bond motifs is 3. The highest BCUT2D eigenvalue weighted by atomic mass is 16.5. The summed E-state index contributed by atoms with van der Waals surface area (Å²) in [4.78, 5) is 24.3. The monoisotopic (exact) mass is 459 g/mol. The Morgan fingerprint density at radius 2 is 1.56 bits per heavy atom. The summed E-state index contributed by atoms with van der Waals surface area (Å²) in [5.41, 5.74) is 5.27. The third-order valence-electron chi connectivity index (χ3n) is 6.06. The van der Waals surface area contributed by atoms with Crippen LogP contribution in [0.5, 0.6) is 5.75 Å². The summed E-state index contributed by atoms with van der Waals surface area (Å²) in [5, 5.41) is 12.1. The normalized spacial score (nSPS) is 13.0. The van der Waals surface area contributed by atoms with E-state index < -0.39 is 18.1 Å². The molecule has 3 aromatic rings. The van der Waals surface area contributed by atoms with Crippen molar-refractivity contribution >= 4 is 12.1 Å². The zero-order chi connectivity index (χ0) is 23.9. The first-order valence-corrected chi connectivity index (χ1v) is 11.6. The fraction of sp³-hybridized carbons (Fsp3) is 0.286. The van der Waals surface area contributed by atoms with Crippen LogP contribution in [0.15, 0.2) is 72.8 Å².